The number of hydrogen-bond donors (Lipinski definition) is 20. The number of carbonyl (C=O) groups excluding carboxylic acids is 4. The van der Waals surface area contributed by atoms with E-state index >= 15 is 0 Å². The molecule has 0 saturated heterocycles. The Balaban J connectivity index is 0.000000323. The minimum Gasteiger partial charge on any atom is -0.496 e. The van der Waals surface area contributed by atoms with Gasteiger partial charge in [0, 0.05) is 151 Å². The van der Waals surface area contributed by atoms with Crippen LogP contribution in [-0.4, -0.2) is 225 Å². The van der Waals surface area contributed by atoms with Crippen LogP contribution in [0.2, 0.25) is 0 Å². The van der Waals surface area contributed by atoms with Crippen LogP contribution in [0.1, 0.15) is 246 Å². The van der Waals surface area contributed by atoms with Gasteiger partial charge in [-0.3, -0.25) is 42.5 Å². The predicted octanol–water partition coefficient (Wildman–Crippen LogP) is 11.9. The van der Waals surface area contributed by atoms with E-state index in [-0.39, 0.29) is 136 Å². The van der Waals surface area contributed by atoms with Crippen LogP contribution < -0.4 is 84.4 Å². The minimum absolute atomic E-state index is 0.0123. The largest absolute Gasteiger partial charge is 0.496 e. The number of thioether (sulfide) groups is 1. The summed E-state index contributed by atoms with van der Waals surface area (Å²) in [6.45, 7) is 18.1. The molecule has 2 atom stereocenters. The quantitative estimate of drug-likeness (QED) is 0.0124. The van der Waals surface area contributed by atoms with E-state index in [1.54, 1.807) is 101 Å². The normalized spacial score (nSPS) is 11.6. The van der Waals surface area contributed by atoms with E-state index < -0.39 is 34.7 Å². The second-order valence-corrected chi connectivity index (χ2v) is 38.8. The summed E-state index contributed by atoms with van der Waals surface area (Å²) < 4.78 is 55.0. The zero-order valence-corrected chi connectivity index (χ0v) is 84.0. The molecule has 45 heteroatoms. The van der Waals surface area contributed by atoms with Crippen molar-refractivity contribution in [2.45, 2.75) is 202 Å². The molecular formula is C92H139N20O21P3S. The predicted molar refractivity (Wildman–Crippen MR) is 535 cm³/mol. The fourth-order valence-corrected chi connectivity index (χ4v) is 16.4. The van der Waals surface area contributed by atoms with Crippen molar-refractivity contribution in [2.24, 2.45) is 0 Å². The van der Waals surface area contributed by atoms with Gasteiger partial charge in [0.2, 0.25) is 23.8 Å². The maximum absolute atomic E-state index is 12.7. The van der Waals surface area contributed by atoms with Gasteiger partial charge in [-0.2, -0.15) is 31.7 Å². The molecule has 4 aromatic heterocycles. The van der Waals surface area contributed by atoms with Gasteiger partial charge in [-0.25, -0.2) is 19.9 Å². The van der Waals surface area contributed by atoms with Crippen molar-refractivity contribution in [3.8, 4) is 23.0 Å². The third kappa shape index (κ3) is 42.5. The number of unbranched alkanes of at least 4 members (excludes halogenated alkanes) is 4. The van der Waals surface area contributed by atoms with E-state index in [1.807, 2.05) is 39.5 Å². The first-order valence-corrected chi connectivity index (χ1v) is 52.2. The van der Waals surface area contributed by atoms with Gasteiger partial charge < -0.3 is 124 Å². The number of anilines is 8. The maximum Gasteiger partial charge on any atom is 0.325 e. The first kappa shape index (κ1) is 116. The van der Waals surface area contributed by atoms with Gasteiger partial charge in [-0.15, -0.1) is 0 Å². The molecule has 24 N–H and O–H groups in total. The highest BCUT2D eigenvalue weighted by Crippen LogP contribution is 2.38. The number of nitrogens with two attached hydrogens (primary N) is 4. The van der Waals surface area contributed by atoms with Crippen LogP contribution in [-0.2, 0) is 49.0 Å². The Morgan fingerprint density at radius 2 is 0.650 bits per heavy atom. The lowest BCUT2D eigenvalue weighted by Gasteiger charge is -2.22. The van der Waals surface area contributed by atoms with Crippen LogP contribution in [0, 0.1) is 27.7 Å². The number of carboxylic acids is 2. The summed E-state index contributed by atoms with van der Waals surface area (Å²) in [4.78, 5) is 161. The van der Waals surface area contributed by atoms with Gasteiger partial charge in [0.25, 0.3) is 23.6 Å². The van der Waals surface area contributed by atoms with Crippen LogP contribution in [0.25, 0.3) is 0 Å². The molecule has 137 heavy (non-hydrogen) atoms. The van der Waals surface area contributed by atoms with Crippen LogP contribution >= 0.6 is 34.5 Å². The SMILES string of the molecule is CCCCNc1nc(N)nc(C)c1Cc1cc(C(=O)NCCCC(=O)O)ccc1OC.CCCCNc1nc(N)nc(C)c1Cc1cc(C(=O)NCCCP(=O)(O)O)ccc1OC.CCCC[C@@H](CC(=O)O)Nc1nc(N)nc(C)c1Cc1cc(C(=O)NCCCP(=O)(O)O)ccc1OC.CCCC[C@@H](CCSC)Nc1nc(N)nc(C)c1Cc1cc(C(=O)NCCCP(=O)(O)O)ccc1OC. The number of ether oxygens (including phenoxy) is 4. The monoisotopic (exact) mass is 1980 g/mol. The Morgan fingerprint density at radius 3 is 0.920 bits per heavy atom. The van der Waals surface area contributed by atoms with Crippen LogP contribution in [0.3, 0.4) is 0 Å². The van der Waals surface area contributed by atoms with Gasteiger partial charge in [0.05, 0.1) is 53.3 Å². The number of nitrogens with zero attached hydrogens (tertiary/aromatic N) is 8. The highest BCUT2D eigenvalue weighted by Gasteiger charge is 2.26. The summed E-state index contributed by atoms with van der Waals surface area (Å²) in [7, 11) is -6.04. The summed E-state index contributed by atoms with van der Waals surface area (Å²) in [5.74, 6) is 3.52. The fraction of sp³-hybridized carbons (Fsp3) is 0.500. The summed E-state index contributed by atoms with van der Waals surface area (Å²) in [5, 5.41) is 42.4. The molecule has 0 aliphatic heterocycles. The van der Waals surface area contributed by atoms with Crippen molar-refractivity contribution in [3.63, 3.8) is 0 Å². The molecule has 0 fully saturated rings. The summed E-state index contributed by atoms with van der Waals surface area (Å²) in [6, 6.07) is 20.3. The number of carboxylic acid groups (broad SMARTS) is 2. The maximum atomic E-state index is 12.7. The molecule has 4 aromatic carbocycles. The third-order valence-electron chi connectivity index (χ3n) is 21.4. The van der Waals surface area contributed by atoms with E-state index in [0.717, 1.165) is 134 Å². The molecule has 0 aliphatic carbocycles. The summed E-state index contributed by atoms with van der Waals surface area (Å²) in [5.41, 5.74) is 34.5. The fourth-order valence-electron chi connectivity index (χ4n) is 14.2. The molecule has 0 spiro atoms. The molecule has 0 saturated carbocycles. The highest BCUT2D eigenvalue weighted by molar-refractivity contribution is 7.98. The first-order valence-electron chi connectivity index (χ1n) is 45.4. The lowest BCUT2D eigenvalue weighted by molar-refractivity contribution is -0.138. The van der Waals surface area contributed by atoms with Gasteiger partial charge >= 0.3 is 34.7 Å². The Kier molecular flexibility index (Phi) is 50.4. The number of benzene rings is 4. The lowest BCUT2D eigenvalue weighted by Crippen LogP contribution is -2.25. The standard InChI is InChI=1S/C25H40N5O5PS.C24H36N5O7P.C22H31N5O4.C21H32N5O5P/c1-5-6-8-20(11-14-37-4)29-23-21(17(2)28-25(26)30-23)16-19-15-18(9-10-22(19)35-3)24(31)27-12-7-13-36(32,33)34;1-4-5-7-18(14-21(30)31)28-22-19(15(2)27-24(25)29-22)13-17-12-16(8-9-20(17)36-3)23(32)26-10-6-11-37(33,34)35;1-4-5-10-24-20-17(14(2)26-22(23)27-20)13-16-12-15(8-9-18(16)31-3)21(30)25-11-6-7-19(28)29;1-4-5-9-23-19-17(14(2)25-21(22)26-19)13-16-12-15(7-8-18(16)31-3)20(27)24-10-6-11-32(28,29)30/h9-10,15,20H,5-8,11-14,16H2,1-4H3,(H,27,31)(H2,32,33,34)(H3,26,28,29,30);8-9,12,18H,4-7,10-11,13-14H2,1-3H3,(H,26,32)(H,30,31)(H2,33,34,35)(H3,25,27,28,29);8-9,12H,4-7,10-11,13H2,1-3H3,(H,25,30)(H,28,29)(H3,23,24,26,27);7-8,12H,4-6,9-11,13H2,1-3H3,(H,24,27)(H2,28,29,30)(H3,22,23,25,26)/t20-;18-;;/m00../s1. The number of aromatic nitrogens is 8. The van der Waals surface area contributed by atoms with Crippen molar-refractivity contribution >= 4 is 117 Å². The minimum atomic E-state index is -4.12. The zero-order chi connectivity index (χ0) is 102. The Hall–Kier alpha value is -11.6. The molecule has 0 aliphatic rings. The van der Waals surface area contributed by atoms with Crippen molar-refractivity contribution < 1.29 is 101 Å². The Labute approximate surface area is 805 Å². The molecule has 0 radical (unpaired) electrons. The molecule has 8 rings (SSSR count). The molecule has 41 nitrogen and oxygen atoms in total. The number of aryl methyl sites for hydroxylation is 4. The molecule has 0 bridgehead atoms. The number of rotatable bonds is 55. The van der Waals surface area contributed by atoms with Crippen LogP contribution in [0.5, 0.6) is 23.0 Å². The number of nitrogens with one attached hydrogen (secondary N) is 8. The number of aliphatic carboxylic acids is 2. The average molecular weight is 1990 g/mol. The zero-order valence-electron chi connectivity index (χ0n) is 80.5. The second-order valence-electron chi connectivity index (χ2n) is 32.4. The third-order valence-corrected chi connectivity index (χ3v) is 24.7. The van der Waals surface area contributed by atoms with Crippen LogP contribution in [0.4, 0.5) is 47.1 Å². The molecule has 4 heterocycles. The molecular weight excluding hydrogens is 1850 g/mol. The smallest absolute Gasteiger partial charge is 0.325 e. The number of carbonyl (C=O) groups is 6. The van der Waals surface area contributed by atoms with Gasteiger partial charge in [-0.05, 0) is 193 Å². The topological polar surface area (TPSA) is 656 Å². The lowest BCUT2D eigenvalue weighted by atomic mass is 9.99. The van der Waals surface area contributed by atoms with Crippen molar-refractivity contribution in [1.82, 2.24) is 61.1 Å². The number of hydrogen-bond acceptors (Lipinski definition) is 30. The van der Waals surface area contributed by atoms with E-state index in [9.17, 15) is 47.6 Å². The molecule has 754 valence electrons. The summed E-state index contributed by atoms with van der Waals surface area (Å²) >= 11 is 1.81. The number of nitrogen functional groups attached to an aromatic ring is 4. The second kappa shape index (κ2) is 59.5. The first-order chi connectivity index (χ1) is 65.0. The van der Waals surface area contributed by atoms with Crippen molar-refractivity contribution in [2.75, 3.05) is 142 Å². The van der Waals surface area contributed by atoms with Crippen molar-refractivity contribution in [1.29, 1.82) is 0 Å². The molecule has 4 amide bonds. The van der Waals surface area contributed by atoms with E-state index in [4.69, 9.17) is 76.3 Å². The van der Waals surface area contributed by atoms with Gasteiger partial charge in [-0.1, -0.05) is 66.2 Å². The molecule has 8 aromatic rings. The van der Waals surface area contributed by atoms with Crippen LogP contribution in [0.15, 0.2) is 72.8 Å². The summed E-state index contributed by atoms with van der Waals surface area (Å²) in [6.07, 6.45) is 14.4. The number of amides is 4. The van der Waals surface area contributed by atoms with Gasteiger partial charge in [0.1, 0.15) is 46.3 Å². The van der Waals surface area contributed by atoms with E-state index in [0.29, 0.717) is 124 Å². The van der Waals surface area contributed by atoms with E-state index in [1.165, 1.54) is 7.11 Å². The van der Waals surface area contributed by atoms with Crippen molar-refractivity contribution in [3.05, 3.63) is 162 Å². The highest BCUT2D eigenvalue weighted by atomic mass is 32.2. The van der Waals surface area contributed by atoms with Gasteiger partial charge in [0.15, 0.2) is 0 Å². The van der Waals surface area contributed by atoms with E-state index in [2.05, 4.69) is 109 Å². The average Bonchev–Trinajstić information content (AvgIpc) is 0.811. The number of methoxy groups -OCH3 is 4. The Morgan fingerprint density at radius 1 is 0.372 bits per heavy atom. The Bertz CT molecular complexity index is 5410. The molecule has 0 unspecified atom stereocenters.